The fourth-order valence-electron chi connectivity index (χ4n) is 2.52. The molecule has 0 saturated heterocycles. The number of allylic oxidation sites excluding steroid dienone is 7. The number of rotatable bonds is 5. The molecule has 1 aromatic carbocycles. The second-order valence-electron chi connectivity index (χ2n) is 5.93. The van der Waals surface area contributed by atoms with Crippen LogP contribution in [0.3, 0.4) is 0 Å². The van der Waals surface area contributed by atoms with Crippen LogP contribution >= 0.6 is 0 Å². The molecule has 0 amide bonds. The van der Waals surface area contributed by atoms with Gasteiger partial charge in [0, 0.05) is 0 Å². The summed E-state index contributed by atoms with van der Waals surface area (Å²) in [5.41, 5.74) is 4.25. The predicted molar refractivity (Wildman–Crippen MR) is 100 cm³/mol. The van der Waals surface area contributed by atoms with Crippen LogP contribution in [0.1, 0.15) is 57.9 Å². The van der Waals surface area contributed by atoms with E-state index in [0.717, 1.165) is 6.42 Å². The van der Waals surface area contributed by atoms with Crippen LogP contribution in [-0.4, -0.2) is 0 Å². The van der Waals surface area contributed by atoms with Gasteiger partial charge in [0.25, 0.3) is 0 Å². The minimum Gasteiger partial charge on any atom is -0.0988 e. The second-order valence-corrected chi connectivity index (χ2v) is 5.93. The third-order valence-electron chi connectivity index (χ3n) is 3.94. The lowest BCUT2D eigenvalue weighted by molar-refractivity contribution is 0.762. The second kappa shape index (κ2) is 10.8. The molecule has 0 heteroatoms. The van der Waals surface area contributed by atoms with E-state index < -0.39 is 0 Å². The lowest BCUT2D eigenvalue weighted by atomic mass is 9.93. The summed E-state index contributed by atoms with van der Waals surface area (Å²) in [7, 11) is 0. The van der Waals surface area contributed by atoms with E-state index in [1.54, 1.807) is 5.57 Å². The Hall–Kier alpha value is -1.82. The zero-order chi connectivity index (χ0) is 16.2. The summed E-state index contributed by atoms with van der Waals surface area (Å²) < 4.78 is 0. The van der Waals surface area contributed by atoms with Gasteiger partial charge in [-0.1, -0.05) is 79.8 Å². The number of hydrogen-bond acceptors (Lipinski definition) is 0. The van der Waals surface area contributed by atoms with E-state index >= 15 is 0 Å². The molecule has 0 N–H and O–H groups in total. The fraction of sp³-hybridized carbons (Fsp3) is 0.364. The van der Waals surface area contributed by atoms with E-state index in [4.69, 9.17) is 0 Å². The summed E-state index contributed by atoms with van der Waals surface area (Å²) in [5.74, 6) is 0.538. The topological polar surface area (TPSA) is 0 Å². The smallest absolute Gasteiger partial charge is 0.0150 e. The highest BCUT2D eigenvalue weighted by atomic mass is 14.1. The summed E-state index contributed by atoms with van der Waals surface area (Å²) in [6.45, 7) is 10.3. The molecule has 1 unspecified atom stereocenters. The maximum Gasteiger partial charge on any atom is -0.0150 e. The summed E-state index contributed by atoms with van der Waals surface area (Å²) in [6, 6.07) is 10.6. The van der Waals surface area contributed by atoms with Gasteiger partial charge >= 0.3 is 0 Å². The molecule has 0 saturated carbocycles. The molecule has 1 aliphatic rings. The fourth-order valence-corrected chi connectivity index (χ4v) is 2.52. The molecule has 0 nitrogen and oxygen atoms in total. The highest BCUT2D eigenvalue weighted by Crippen LogP contribution is 2.23. The van der Waals surface area contributed by atoms with Gasteiger partial charge in [-0.15, -0.1) is 0 Å². The van der Waals surface area contributed by atoms with E-state index in [2.05, 4.69) is 69.0 Å². The first kappa shape index (κ1) is 18.2. The summed E-state index contributed by atoms with van der Waals surface area (Å²) >= 11 is 0. The van der Waals surface area contributed by atoms with Crippen molar-refractivity contribution in [2.75, 3.05) is 0 Å². The molecule has 118 valence electrons. The van der Waals surface area contributed by atoms with Crippen molar-refractivity contribution in [3.05, 3.63) is 84.0 Å². The maximum atomic E-state index is 3.86. The average molecular weight is 294 g/mol. The first-order chi connectivity index (χ1) is 10.7. The van der Waals surface area contributed by atoms with Crippen LogP contribution in [0, 0.1) is 0 Å². The largest absolute Gasteiger partial charge is 0.0988 e. The van der Waals surface area contributed by atoms with Crippen molar-refractivity contribution in [1.29, 1.82) is 0 Å². The van der Waals surface area contributed by atoms with Crippen LogP contribution in [0.2, 0.25) is 0 Å². The van der Waals surface area contributed by atoms with E-state index in [9.17, 15) is 0 Å². The summed E-state index contributed by atoms with van der Waals surface area (Å²) in [6.07, 6.45) is 15.6. The van der Waals surface area contributed by atoms with E-state index in [1.807, 2.05) is 19.1 Å². The Morgan fingerprint density at radius 1 is 1.27 bits per heavy atom. The zero-order valence-electron chi connectivity index (χ0n) is 14.4. The number of benzene rings is 1. The lowest BCUT2D eigenvalue weighted by Gasteiger charge is -2.12. The van der Waals surface area contributed by atoms with Gasteiger partial charge in [0.15, 0.2) is 0 Å². The van der Waals surface area contributed by atoms with Gasteiger partial charge in [-0.2, -0.15) is 0 Å². The highest BCUT2D eigenvalue weighted by molar-refractivity contribution is 5.27. The molecule has 0 heterocycles. The summed E-state index contributed by atoms with van der Waals surface area (Å²) in [5, 5.41) is 0. The van der Waals surface area contributed by atoms with Crippen molar-refractivity contribution < 1.29 is 0 Å². The number of hydrogen-bond donors (Lipinski definition) is 0. The van der Waals surface area contributed by atoms with Crippen molar-refractivity contribution in [3.63, 3.8) is 0 Å². The van der Waals surface area contributed by atoms with Crippen LogP contribution < -0.4 is 0 Å². The Balaban J connectivity index is 0.000000335. The van der Waals surface area contributed by atoms with Crippen molar-refractivity contribution >= 4 is 0 Å². The van der Waals surface area contributed by atoms with Crippen molar-refractivity contribution in [2.24, 2.45) is 0 Å². The SMILES string of the molecule is C=C/C(=C\C=C/C)CC(C)c1ccccc1.CC1=CCCC1. The summed E-state index contributed by atoms with van der Waals surface area (Å²) in [4.78, 5) is 0. The Morgan fingerprint density at radius 3 is 2.45 bits per heavy atom. The molecule has 22 heavy (non-hydrogen) atoms. The third-order valence-corrected chi connectivity index (χ3v) is 3.94. The molecule has 0 fully saturated rings. The van der Waals surface area contributed by atoms with Gasteiger partial charge in [0.2, 0.25) is 0 Å². The molecular weight excluding hydrogens is 264 g/mol. The van der Waals surface area contributed by atoms with Crippen LogP contribution in [0.15, 0.2) is 78.4 Å². The van der Waals surface area contributed by atoms with Crippen LogP contribution in [-0.2, 0) is 0 Å². The van der Waals surface area contributed by atoms with Gasteiger partial charge in [-0.25, -0.2) is 0 Å². The van der Waals surface area contributed by atoms with Crippen molar-refractivity contribution in [2.45, 2.75) is 52.4 Å². The van der Waals surface area contributed by atoms with Crippen molar-refractivity contribution in [1.82, 2.24) is 0 Å². The van der Waals surface area contributed by atoms with E-state index in [1.165, 1.54) is 30.4 Å². The van der Waals surface area contributed by atoms with Gasteiger partial charge in [-0.3, -0.25) is 0 Å². The van der Waals surface area contributed by atoms with E-state index in [-0.39, 0.29) is 0 Å². The third kappa shape index (κ3) is 7.26. The monoisotopic (exact) mass is 294 g/mol. The quantitative estimate of drug-likeness (QED) is 0.405. The Kier molecular flexibility index (Phi) is 8.98. The molecule has 0 spiro atoms. The van der Waals surface area contributed by atoms with E-state index in [0.29, 0.717) is 5.92 Å². The highest BCUT2D eigenvalue weighted by Gasteiger charge is 2.05. The first-order valence-electron chi connectivity index (χ1n) is 8.32. The minimum atomic E-state index is 0.538. The normalized spacial score (nSPS) is 16.0. The van der Waals surface area contributed by atoms with Crippen LogP contribution in [0.5, 0.6) is 0 Å². The molecule has 0 aromatic heterocycles. The first-order valence-corrected chi connectivity index (χ1v) is 8.32. The Bertz CT molecular complexity index is 514. The minimum absolute atomic E-state index is 0.538. The molecule has 0 bridgehead atoms. The zero-order valence-corrected chi connectivity index (χ0v) is 14.4. The molecule has 1 aromatic rings. The van der Waals surface area contributed by atoms with Gasteiger partial charge in [-0.05, 0) is 56.6 Å². The standard InChI is InChI=1S/C16H20.C6H10/c1-4-6-10-15(5-2)13-14(3)16-11-8-7-9-12-16;1-6-4-2-3-5-6/h4-12,14H,2,13H2,1,3H3;4H,2-3,5H2,1H3/b6-4-,15-10+;. The Labute approximate surface area is 137 Å². The van der Waals surface area contributed by atoms with Gasteiger partial charge in [0.1, 0.15) is 0 Å². The van der Waals surface area contributed by atoms with Gasteiger partial charge in [0.05, 0.1) is 0 Å². The molecule has 2 rings (SSSR count). The molecule has 0 aliphatic heterocycles. The molecule has 1 atom stereocenters. The van der Waals surface area contributed by atoms with Crippen LogP contribution in [0.25, 0.3) is 0 Å². The Morgan fingerprint density at radius 2 is 2.00 bits per heavy atom. The lowest BCUT2D eigenvalue weighted by Crippen LogP contribution is -1.94. The average Bonchev–Trinajstić information content (AvgIpc) is 3.03. The maximum absolute atomic E-state index is 3.86. The molecular formula is C22H30. The van der Waals surface area contributed by atoms with Gasteiger partial charge < -0.3 is 0 Å². The predicted octanol–water partition coefficient (Wildman–Crippen LogP) is 6.99. The van der Waals surface area contributed by atoms with Crippen LogP contribution in [0.4, 0.5) is 0 Å². The van der Waals surface area contributed by atoms with Crippen molar-refractivity contribution in [3.8, 4) is 0 Å². The molecule has 0 radical (unpaired) electrons. The molecule has 1 aliphatic carbocycles.